The monoisotopic (exact) mass is 228 g/mol. The Balaban J connectivity index is 2.21. The fourth-order valence-corrected chi connectivity index (χ4v) is 2.08. The second-order valence-corrected chi connectivity index (χ2v) is 5.12. The molecule has 0 bridgehead atoms. The van der Waals surface area contributed by atoms with Gasteiger partial charge >= 0.3 is 0 Å². The molecule has 2 atom stereocenters. The average molecular weight is 228 g/mol. The lowest BCUT2D eigenvalue weighted by atomic mass is 10.2. The first-order valence-corrected chi connectivity index (χ1v) is 6.12. The summed E-state index contributed by atoms with van der Waals surface area (Å²) in [5, 5.41) is 4.64. The van der Waals surface area contributed by atoms with Crippen molar-refractivity contribution in [2.24, 2.45) is 0 Å². The van der Waals surface area contributed by atoms with E-state index < -0.39 is 0 Å². The van der Waals surface area contributed by atoms with Crippen molar-refractivity contribution in [3.05, 3.63) is 16.1 Å². The summed E-state index contributed by atoms with van der Waals surface area (Å²) in [7, 11) is 1.74. The van der Waals surface area contributed by atoms with Crippen molar-refractivity contribution in [3.8, 4) is 0 Å². The van der Waals surface area contributed by atoms with E-state index in [1.807, 2.05) is 6.20 Å². The molecule has 0 amide bonds. The van der Waals surface area contributed by atoms with Gasteiger partial charge in [-0.05, 0) is 20.8 Å². The first-order chi connectivity index (χ1) is 7.13. The minimum absolute atomic E-state index is 0.253. The number of hydrogen-bond donors (Lipinski definition) is 1. The van der Waals surface area contributed by atoms with Crippen LogP contribution in [0.4, 0.5) is 0 Å². The zero-order valence-electron chi connectivity index (χ0n) is 9.91. The molecule has 0 saturated carbocycles. The molecule has 1 aromatic heterocycles. The van der Waals surface area contributed by atoms with Crippen LogP contribution >= 0.6 is 11.3 Å². The molecule has 1 aromatic rings. The lowest BCUT2D eigenvalue weighted by molar-refractivity contribution is 0.0890. The highest BCUT2D eigenvalue weighted by Crippen LogP contribution is 2.11. The Morgan fingerprint density at radius 2 is 2.27 bits per heavy atom. The molecule has 0 aliphatic heterocycles. The minimum Gasteiger partial charge on any atom is -0.380 e. The SMILES string of the molecule is COC(C)C(C)NCCc1ncc(C)s1. The number of thiazole rings is 1. The van der Waals surface area contributed by atoms with E-state index in [1.165, 1.54) is 9.88 Å². The molecule has 0 aliphatic rings. The van der Waals surface area contributed by atoms with Crippen molar-refractivity contribution >= 4 is 11.3 Å². The largest absolute Gasteiger partial charge is 0.380 e. The number of ether oxygens (including phenoxy) is 1. The Hall–Kier alpha value is -0.450. The molecule has 0 fully saturated rings. The van der Waals surface area contributed by atoms with Gasteiger partial charge in [0.25, 0.3) is 0 Å². The van der Waals surface area contributed by atoms with Crippen LogP contribution in [0.2, 0.25) is 0 Å². The first-order valence-electron chi connectivity index (χ1n) is 5.31. The van der Waals surface area contributed by atoms with Crippen LogP contribution in [0.3, 0.4) is 0 Å². The molecule has 1 N–H and O–H groups in total. The maximum atomic E-state index is 5.24. The van der Waals surface area contributed by atoms with E-state index in [2.05, 4.69) is 31.1 Å². The van der Waals surface area contributed by atoms with Gasteiger partial charge in [-0.3, -0.25) is 0 Å². The maximum absolute atomic E-state index is 5.24. The highest BCUT2D eigenvalue weighted by Gasteiger charge is 2.09. The van der Waals surface area contributed by atoms with Crippen LogP contribution in [0.15, 0.2) is 6.20 Å². The van der Waals surface area contributed by atoms with Crippen LogP contribution in [0.1, 0.15) is 23.7 Å². The van der Waals surface area contributed by atoms with Gasteiger partial charge in [0.1, 0.15) is 0 Å². The summed E-state index contributed by atoms with van der Waals surface area (Å²) in [6.07, 6.45) is 3.18. The average Bonchev–Trinajstić information content (AvgIpc) is 2.63. The standard InChI is InChI=1S/C11H20N2OS/c1-8-7-13-11(15-8)5-6-12-9(2)10(3)14-4/h7,9-10,12H,5-6H2,1-4H3. The number of hydrogen-bond acceptors (Lipinski definition) is 4. The molecule has 15 heavy (non-hydrogen) atoms. The minimum atomic E-state index is 0.253. The summed E-state index contributed by atoms with van der Waals surface area (Å²) in [5.41, 5.74) is 0. The Labute approximate surface area is 95.9 Å². The number of methoxy groups -OCH3 is 1. The van der Waals surface area contributed by atoms with Crippen molar-refractivity contribution in [1.82, 2.24) is 10.3 Å². The van der Waals surface area contributed by atoms with Crippen LogP contribution in [0.5, 0.6) is 0 Å². The lowest BCUT2D eigenvalue weighted by Crippen LogP contribution is -2.37. The smallest absolute Gasteiger partial charge is 0.0940 e. The van der Waals surface area contributed by atoms with Gasteiger partial charge in [0.2, 0.25) is 0 Å². The van der Waals surface area contributed by atoms with Gasteiger partial charge in [0, 0.05) is 37.2 Å². The molecule has 0 spiro atoms. The second-order valence-electron chi connectivity index (χ2n) is 3.80. The lowest BCUT2D eigenvalue weighted by Gasteiger charge is -2.19. The van der Waals surface area contributed by atoms with Crippen molar-refractivity contribution in [1.29, 1.82) is 0 Å². The van der Waals surface area contributed by atoms with Gasteiger partial charge in [0.15, 0.2) is 0 Å². The zero-order valence-corrected chi connectivity index (χ0v) is 10.7. The van der Waals surface area contributed by atoms with E-state index in [1.54, 1.807) is 18.4 Å². The summed E-state index contributed by atoms with van der Waals surface area (Å²) in [6, 6.07) is 0.385. The molecule has 3 nitrogen and oxygen atoms in total. The molecular weight excluding hydrogens is 208 g/mol. The van der Waals surface area contributed by atoms with Crippen LogP contribution < -0.4 is 5.32 Å². The zero-order chi connectivity index (χ0) is 11.3. The second kappa shape index (κ2) is 6.20. The fraction of sp³-hybridized carbons (Fsp3) is 0.727. The summed E-state index contributed by atoms with van der Waals surface area (Å²) < 4.78 is 5.24. The molecule has 1 rings (SSSR count). The van der Waals surface area contributed by atoms with Crippen LogP contribution in [-0.2, 0) is 11.2 Å². The summed E-state index contributed by atoms with van der Waals surface area (Å²) in [5.74, 6) is 0. The van der Waals surface area contributed by atoms with Gasteiger partial charge in [-0.15, -0.1) is 11.3 Å². The molecule has 4 heteroatoms. The van der Waals surface area contributed by atoms with E-state index >= 15 is 0 Å². The van der Waals surface area contributed by atoms with Gasteiger partial charge in [-0.2, -0.15) is 0 Å². The number of aromatic nitrogens is 1. The van der Waals surface area contributed by atoms with E-state index in [9.17, 15) is 0 Å². The Morgan fingerprint density at radius 3 is 2.80 bits per heavy atom. The van der Waals surface area contributed by atoms with Crippen LogP contribution in [0, 0.1) is 6.92 Å². The molecule has 2 unspecified atom stereocenters. The summed E-state index contributed by atoms with van der Waals surface area (Å²) in [6.45, 7) is 7.26. The van der Waals surface area contributed by atoms with E-state index in [0.29, 0.717) is 6.04 Å². The highest BCUT2D eigenvalue weighted by molar-refractivity contribution is 7.11. The predicted molar refractivity (Wildman–Crippen MR) is 64.5 cm³/mol. The van der Waals surface area contributed by atoms with Crippen molar-refractivity contribution in [2.75, 3.05) is 13.7 Å². The fourth-order valence-electron chi connectivity index (χ4n) is 1.29. The molecule has 1 heterocycles. The van der Waals surface area contributed by atoms with Gasteiger partial charge in [-0.25, -0.2) is 4.98 Å². The van der Waals surface area contributed by atoms with Crippen molar-refractivity contribution in [3.63, 3.8) is 0 Å². The van der Waals surface area contributed by atoms with Gasteiger partial charge in [-0.1, -0.05) is 0 Å². The number of aryl methyl sites for hydroxylation is 1. The third-order valence-corrected chi connectivity index (χ3v) is 3.52. The van der Waals surface area contributed by atoms with Gasteiger partial charge < -0.3 is 10.1 Å². The summed E-state index contributed by atoms with van der Waals surface area (Å²) in [4.78, 5) is 5.61. The number of rotatable bonds is 6. The molecule has 0 saturated heterocycles. The summed E-state index contributed by atoms with van der Waals surface area (Å²) >= 11 is 1.77. The highest BCUT2D eigenvalue weighted by atomic mass is 32.1. The van der Waals surface area contributed by atoms with Gasteiger partial charge in [0.05, 0.1) is 11.1 Å². The van der Waals surface area contributed by atoms with Crippen molar-refractivity contribution in [2.45, 2.75) is 39.3 Å². The molecule has 86 valence electrons. The topological polar surface area (TPSA) is 34.1 Å². The Kier molecular flexibility index (Phi) is 5.22. The normalized spacial score (nSPS) is 15.2. The van der Waals surface area contributed by atoms with E-state index in [-0.39, 0.29) is 6.10 Å². The maximum Gasteiger partial charge on any atom is 0.0940 e. The Bertz CT molecular complexity index is 288. The quantitative estimate of drug-likeness (QED) is 0.808. The molecule has 0 aromatic carbocycles. The van der Waals surface area contributed by atoms with Crippen LogP contribution in [0.25, 0.3) is 0 Å². The first kappa shape index (κ1) is 12.6. The van der Waals surface area contributed by atoms with Crippen LogP contribution in [-0.4, -0.2) is 30.8 Å². The number of nitrogens with zero attached hydrogens (tertiary/aromatic N) is 1. The third kappa shape index (κ3) is 4.28. The Morgan fingerprint density at radius 1 is 1.53 bits per heavy atom. The molecule has 0 aliphatic carbocycles. The molecule has 0 radical (unpaired) electrons. The number of nitrogens with one attached hydrogen (secondary N) is 1. The van der Waals surface area contributed by atoms with E-state index in [4.69, 9.17) is 4.74 Å². The molecular formula is C11H20N2OS. The predicted octanol–water partition coefficient (Wildman–Crippen LogP) is 2.01. The third-order valence-electron chi connectivity index (χ3n) is 2.55. The van der Waals surface area contributed by atoms with E-state index in [0.717, 1.165) is 13.0 Å². The van der Waals surface area contributed by atoms with Crippen molar-refractivity contribution < 1.29 is 4.74 Å².